The minimum Gasteiger partial charge on any atom is -0.330 e. The second-order valence-corrected chi connectivity index (χ2v) is 8.86. The molecule has 0 amide bonds. The number of allylic oxidation sites excluding steroid dienone is 1. The SMILES string of the molecule is CCCC1(CCN)CCC(C(C)C23C=C(Cl)N=CC2C3C)CC1. The van der Waals surface area contributed by atoms with Gasteiger partial charge in [-0.25, -0.2) is 4.99 Å². The van der Waals surface area contributed by atoms with Crippen LogP contribution >= 0.6 is 11.6 Å². The lowest BCUT2D eigenvalue weighted by Gasteiger charge is -2.43. The van der Waals surface area contributed by atoms with Crippen LogP contribution in [0.3, 0.4) is 0 Å². The van der Waals surface area contributed by atoms with Crippen molar-refractivity contribution in [2.45, 2.75) is 65.7 Å². The van der Waals surface area contributed by atoms with E-state index in [4.69, 9.17) is 17.3 Å². The van der Waals surface area contributed by atoms with Crippen molar-refractivity contribution in [3.05, 3.63) is 11.2 Å². The van der Waals surface area contributed by atoms with Crippen molar-refractivity contribution >= 4 is 17.8 Å². The number of halogens is 1. The molecule has 1 aliphatic heterocycles. The molecule has 4 atom stereocenters. The Morgan fingerprint density at radius 3 is 2.65 bits per heavy atom. The third-order valence-electron chi connectivity index (χ3n) is 7.56. The highest BCUT2D eigenvalue weighted by molar-refractivity contribution is 6.30. The molecule has 0 spiro atoms. The van der Waals surface area contributed by atoms with Gasteiger partial charge in [0.15, 0.2) is 0 Å². The summed E-state index contributed by atoms with van der Waals surface area (Å²) in [5.74, 6) is 2.85. The molecule has 23 heavy (non-hydrogen) atoms. The normalized spacial score (nSPS) is 43.7. The van der Waals surface area contributed by atoms with Crippen molar-refractivity contribution in [3.8, 4) is 0 Å². The van der Waals surface area contributed by atoms with Crippen molar-refractivity contribution in [1.29, 1.82) is 0 Å². The first-order valence-corrected chi connectivity index (χ1v) is 9.99. The van der Waals surface area contributed by atoms with E-state index in [0.717, 1.165) is 12.5 Å². The third kappa shape index (κ3) is 2.91. The fourth-order valence-corrected chi connectivity index (χ4v) is 6.25. The number of hydrogen-bond acceptors (Lipinski definition) is 2. The fourth-order valence-electron chi connectivity index (χ4n) is 6.00. The van der Waals surface area contributed by atoms with Gasteiger partial charge in [0, 0.05) is 17.5 Å². The summed E-state index contributed by atoms with van der Waals surface area (Å²) in [4.78, 5) is 4.33. The Kier molecular flexibility index (Phi) is 4.95. The van der Waals surface area contributed by atoms with E-state index in [0.29, 0.717) is 33.7 Å². The van der Waals surface area contributed by atoms with Crippen molar-refractivity contribution in [3.63, 3.8) is 0 Å². The van der Waals surface area contributed by atoms with Gasteiger partial charge < -0.3 is 5.73 Å². The molecule has 1 heterocycles. The van der Waals surface area contributed by atoms with Crippen molar-refractivity contribution in [1.82, 2.24) is 0 Å². The second kappa shape index (κ2) is 6.52. The van der Waals surface area contributed by atoms with Crippen LogP contribution < -0.4 is 5.73 Å². The lowest BCUT2D eigenvalue weighted by atomic mass is 9.62. The van der Waals surface area contributed by atoms with Gasteiger partial charge in [0.2, 0.25) is 0 Å². The molecular formula is C20H33ClN2. The van der Waals surface area contributed by atoms with E-state index in [1.165, 1.54) is 44.9 Å². The van der Waals surface area contributed by atoms with Crippen LogP contribution in [0.1, 0.15) is 65.7 Å². The summed E-state index contributed by atoms with van der Waals surface area (Å²) in [5, 5.41) is 0.705. The minimum atomic E-state index is 0.294. The summed E-state index contributed by atoms with van der Waals surface area (Å²) in [6.45, 7) is 8.00. The van der Waals surface area contributed by atoms with Crippen LogP contribution in [-0.2, 0) is 0 Å². The number of aliphatic imine (C=N–C) groups is 1. The van der Waals surface area contributed by atoms with Gasteiger partial charge in [0.1, 0.15) is 5.16 Å². The Hall–Kier alpha value is -0.340. The summed E-state index contributed by atoms with van der Waals surface area (Å²) in [5.41, 5.74) is 6.74. The number of fused-ring (bicyclic) bond motifs is 1. The van der Waals surface area contributed by atoms with Crippen molar-refractivity contribution in [2.75, 3.05) is 6.54 Å². The van der Waals surface area contributed by atoms with Crippen LogP contribution in [0, 0.1) is 34.5 Å². The molecule has 0 aromatic heterocycles. The Balaban J connectivity index is 1.67. The number of nitrogens with two attached hydrogens (primary N) is 1. The van der Waals surface area contributed by atoms with Gasteiger partial charge in [-0.2, -0.15) is 0 Å². The van der Waals surface area contributed by atoms with E-state index in [2.05, 4.69) is 38.1 Å². The average molecular weight is 337 g/mol. The number of nitrogens with zero attached hydrogens (tertiary/aromatic N) is 1. The molecule has 4 unspecified atom stereocenters. The molecule has 2 aliphatic carbocycles. The van der Waals surface area contributed by atoms with Gasteiger partial charge in [-0.1, -0.05) is 38.8 Å². The summed E-state index contributed by atoms with van der Waals surface area (Å²) in [7, 11) is 0. The molecule has 0 bridgehead atoms. The standard InChI is InChI=1S/C20H33ClN2/c1-4-7-19(10-11-22)8-5-16(6-9-19)14(2)20-12-18(21)23-13-17(20)15(20)3/h12-17H,4-11,22H2,1-3H3. The highest BCUT2D eigenvalue weighted by Crippen LogP contribution is 2.68. The molecule has 2 fully saturated rings. The summed E-state index contributed by atoms with van der Waals surface area (Å²) >= 11 is 6.25. The van der Waals surface area contributed by atoms with Gasteiger partial charge >= 0.3 is 0 Å². The zero-order chi connectivity index (χ0) is 16.7. The molecule has 3 heteroatoms. The largest absolute Gasteiger partial charge is 0.330 e. The number of hydrogen-bond donors (Lipinski definition) is 1. The summed E-state index contributed by atoms with van der Waals surface area (Å²) in [6.07, 6.45) is 13.7. The van der Waals surface area contributed by atoms with E-state index in [1.807, 2.05) is 0 Å². The Bertz CT molecular complexity index is 482. The fraction of sp³-hybridized carbons (Fsp3) is 0.850. The van der Waals surface area contributed by atoms with Gasteiger partial charge in [-0.15, -0.1) is 0 Å². The maximum Gasteiger partial charge on any atom is 0.125 e. The van der Waals surface area contributed by atoms with E-state index in [9.17, 15) is 0 Å². The van der Waals surface area contributed by atoms with E-state index < -0.39 is 0 Å². The van der Waals surface area contributed by atoms with Crippen LogP contribution in [0.5, 0.6) is 0 Å². The molecule has 0 aromatic carbocycles. The van der Waals surface area contributed by atoms with Crippen molar-refractivity contribution in [2.24, 2.45) is 45.2 Å². The average Bonchev–Trinajstić information content (AvgIpc) is 3.13. The molecule has 0 aromatic rings. The smallest absolute Gasteiger partial charge is 0.125 e. The Labute approximate surface area is 147 Å². The lowest BCUT2D eigenvalue weighted by Crippen LogP contribution is -2.34. The maximum absolute atomic E-state index is 6.25. The molecule has 0 radical (unpaired) electrons. The molecule has 2 N–H and O–H groups in total. The van der Waals surface area contributed by atoms with Gasteiger partial charge in [-0.05, 0) is 74.3 Å². The highest BCUT2D eigenvalue weighted by Gasteiger charge is 2.64. The first kappa shape index (κ1) is 17.5. The Morgan fingerprint density at radius 2 is 2.04 bits per heavy atom. The monoisotopic (exact) mass is 336 g/mol. The molecule has 2 saturated carbocycles. The second-order valence-electron chi connectivity index (χ2n) is 8.47. The van der Waals surface area contributed by atoms with Gasteiger partial charge in [0.05, 0.1) is 0 Å². The van der Waals surface area contributed by atoms with Crippen LogP contribution in [0.2, 0.25) is 0 Å². The molecule has 3 aliphatic rings. The van der Waals surface area contributed by atoms with E-state index >= 15 is 0 Å². The molecule has 3 rings (SSSR count). The van der Waals surface area contributed by atoms with Crippen LogP contribution in [0.15, 0.2) is 16.2 Å². The third-order valence-corrected chi connectivity index (χ3v) is 7.77. The predicted molar refractivity (Wildman–Crippen MR) is 99.6 cm³/mol. The number of rotatable bonds is 6. The molecule has 2 nitrogen and oxygen atoms in total. The topological polar surface area (TPSA) is 38.4 Å². The predicted octanol–water partition coefficient (Wildman–Crippen LogP) is 5.36. The van der Waals surface area contributed by atoms with E-state index in [-0.39, 0.29) is 0 Å². The first-order valence-electron chi connectivity index (χ1n) is 9.61. The highest BCUT2D eigenvalue weighted by atomic mass is 35.5. The first-order chi connectivity index (χ1) is 11.0. The lowest BCUT2D eigenvalue weighted by molar-refractivity contribution is 0.0852. The minimum absolute atomic E-state index is 0.294. The van der Waals surface area contributed by atoms with Gasteiger partial charge in [-0.3, -0.25) is 0 Å². The maximum atomic E-state index is 6.25. The van der Waals surface area contributed by atoms with Crippen LogP contribution in [-0.4, -0.2) is 12.8 Å². The summed E-state index contributed by atoms with van der Waals surface area (Å²) < 4.78 is 0. The molecular weight excluding hydrogens is 304 g/mol. The zero-order valence-electron chi connectivity index (χ0n) is 15.0. The zero-order valence-corrected chi connectivity index (χ0v) is 15.8. The van der Waals surface area contributed by atoms with Crippen molar-refractivity contribution < 1.29 is 0 Å². The van der Waals surface area contributed by atoms with Crippen LogP contribution in [0.25, 0.3) is 0 Å². The molecule has 0 saturated heterocycles. The van der Waals surface area contributed by atoms with Gasteiger partial charge in [0.25, 0.3) is 0 Å². The quantitative estimate of drug-likeness (QED) is 0.651. The van der Waals surface area contributed by atoms with E-state index in [1.54, 1.807) is 0 Å². The summed E-state index contributed by atoms with van der Waals surface area (Å²) in [6, 6.07) is 0. The Morgan fingerprint density at radius 1 is 1.35 bits per heavy atom. The van der Waals surface area contributed by atoms with Crippen LogP contribution in [0.4, 0.5) is 0 Å². The molecule has 130 valence electrons.